The maximum absolute atomic E-state index is 5.78. The number of hydrogen-bond acceptors (Lipinski definition) is 4. The Balaban J connectivity index is 1.57. The highest BCUT2D eigenvalue weighted by Crippen LogP contribution is 2.44. The molecule has 0 bridgehead atoms. The summed E-state index contributed by atoms with van der Waals surface area (Å²) in [6.07, 6.45) is 3.58. The van der Waals surface area contributed by atoms with Crippen LogP contribution in [0.3, 0.4) is 0 Å². The molecule has 0 amide bonds. The predicted molar refractivity (Wildman–Crippen MR) is 85.5 cm³/mol. The van der Waals surface area contributed by atoms with Crippen molar-refractivity contribution in [1.82, 2.24) is 0 Å². The normalized spacial score (nSPS) is 18.9. The zero-order valence-corrected chi connectivity index (χ0v) is 12.7. The lowest BCUT2D eigenvalue weighted by molar-refractivity contribution is 0.297. The van der Waals surface area contributed by atoms with Crippen LogP contribution in [0.4, 0.5) is 5.69 Å². The van der Waals surface area contributed by atoms with Crippen LogP contribution in [0.5, 0.6) is 11.5 Å². The van der Waals surface area contributed by atoms with Gasteiger partial charge in [0.05, 0.1) is 19.3 Å². The summed E-state index contributed by atoms with van der Waals surface area (Å²) < 4.78 is 11.5. The number of fused-ring (bicyclic) bond motifs is 1. The molecule has 4 heteroatoms. The first-order chi connectivity index (χ1) is 10.4. The molecule has 110 valence electrons. The van der Waals surface area contributed by atoms with Crippen LogP contribution < -0.4 is 14.8 Å². The molecule has 1 aliphatic carbocycles. The second-order valence-electron chi connectivity index (χ2n) is 5.69. The molecule has 3 nitrogen and oxygen atoms in total. The highest BCUT2D eigenvalue weighted by atomic mass is 32.1. The lowest BCUT2D eigenvalue weighted by Crippen LogP contribution is -2.11. The van der Waals surface area contributed by atoms with Gasteiger partial charge in [-0.15, -0.1) is 11.3 Å². The molecular weight excluding hydrogens is 282 g/mol. The number of hydrogen-bond donors (Lipinski definition) is 1. The van der Waals surface area contributed by atoms with Gasteiger partial charge in [0.1, 0.15) is 0 Å². The van der Waals surface area contributed by atoms with Gasteiger partial charge in [0, 0.05) is 23.1 Å². The molecule has 2 aromatic rings. The SMILES string of the molecule is c1csc(C(Nc2ccc3c(c2)OCCCO3)C2CC2)c1. The Kier molecular flexibility index (Phi) is 3.47. The Morgan fingerprint density at radius 3 is 2.71 bits per heavy atom. The maximum atomic E-state index is 5.78. The van der Waals surface area contributed by atoms with Gasteiger partial charge in [-0.3, -0.25) is 0 Å². The molecule has 1 atom stereocenters. The minimum Gasteiger partial charge on any atom is -0.490 e. The first-order valence-corrected chi connectivity index (χ1v) is 8.48. The summed E-state index contributed by atoms with van der Waals surface area (Å²) in [6, 6.07) is 11.0. The van der Waals surface area contributed by atoms with Crippen LogP contribution in [-0.2, 0) is 0 Å². The topological polar surface area (TPSA) is 30.5 Å². The van der Waals surface area contributed by atoms with Crippen LogP contribution in [0.2, 0.25) is 0 Å². The van der Waals surface area contributed by atoms with E-state index in [9.17, 15) is 0 Å². The van der Waals surface area contributed by atoms with Gasteiger partial charge in [0.2, 0.25) is 0 Å². The molecule has 21 heavy (non-hydrogen) atoms. The van der Waals surface area contributed by atoms with Gasteiger partial charge in [-0.2, -0.15) is 0 Å². The van der Waals surface area contributed by atoms with Crippen molar-refractivity contribution in [3.8, 4) is 11.5 Å². The minimum absolute atomic E-state index is 0.426. The third kappa shape index (κ3) is 2.86. The average Bonchev–Trinajstić information content (AvgIpc) is 3.25. The van der Waals surface area contributed by atoms with Gasteiger partial charge in [-0.1, -0.05) is 6.07 Å². The molecule has 1 N–H and O–H groups in total. The maximum Gasteiger partial charge on any atom is 0.163 e. The van der Waals surface area contributed by atoms with Crippen LogP contribution in [0.25, 0.3) is 0 Å². The van der Waals surface area contributed by atoms with Crippen molar-refractivity contribution in [2.24, 2.45) is 5.92 Å². The van der Waals surface area contributed by atoms with Crippen molar-refractivity contribution in [3.05, 3.63) is 40.6 Å². The number of rotatable bonds is 4. The fourth-order valence-corrected chi connectivity index (χ4v) is 3.62. The van der Waals surface area contributed by atoms with E-state index in [1.807, 2.05) is 17.4 Å². The summed E-state index contributed by atoms with van der Waals surface area (Å²) in [5.41, 5.74) is 1.12. The number of ether oxygens (including phenoxy) is 2. The van der Waals surface area contributed by atoms with E-state index in [0.29, 0.717) is 6.04 Å². The van der Waals surface area contributed by atoms with E-state index in [0.717, 1.165) is 42.7 Å². The summed E-state index contributed by atoms with van der Waals surface area (Å²) in [5, 5.41) is 5.84. The molecule has 2 heterocycles. The number of anilines is 1. The summed E-state index contributed by atoms with van der Waals surface area (Å²) >= 11 is 1.83. The molecule has 0 saturated heterocycles. The van der Waals surface area contributed by atoms with Crippen molar-refractivity contribution in [2.75, 3.05) is 18.5 Å². The van der Waals surface area contributed by atoms with Crippen LogP contribution in [0, 0.1) is 5.92 Å². The highest BCUT2D eigenvalue weighted by Gasteiger charge is 2.33. The van der Waals surface area contributed by atoms with E-state index in [2.05, 4.69) is 35.0 Å². The van der Waals surface area contributed by atoms with Crippen molar-refractivity contribution in [2.45, 2.75) is 25.3 Å². The standard InChI is InChI=1S/C17H19NO2S/c1-3-16(21-10-1)17(12-4-5-12)18-13-6-7-14-15(11-13)20-9-2-8-19-14/h1,3,6-7,10-12,17-18H,2,4-5,8-9H2. The monoisotopic (exact) mass is 301 g/mol. The summed E-state index contributed by atoms with van der Waals surface area (Å²) in [5.74, 6) is 2.48. The molecule has 0 spiro atoms. The third-order valence-electron chi connectivity index (χ3n) is 4.01. The average molecular weight is 301 g/mol. The Morgan fingerprint density at radius 1 is 1.10 bits per heavy atom. The Morgan fingerprint density at radius 2 is 1.95 bits per heavy atom. The Labute approximate surface area is 128 Å². The molecule has 1 unspecified atom stereocenters. The van der Waals surface area contributed by atoms with Crippen molar-refractivity contribution in [3.63, 3.8) is 0 Å². The van der Waals surface area contributed by atoms with E-state index < -0.39 is 0 Å². The number of benzene rings is 1. The van der Waals surface area contributed by atoms with E-state index in [4.69, 9.17) is 9.47 Å². The lowest BCUT2D eigenvalue weighted by Gasteiger charge is -2.19. The molecule has 1 aromatic carbocycles. The van der Waals surface area contributed by atoms with E-state index >= 15 is 0 Å². The summed E-state index contributed by atoms with van der Waals surface area (Å²) in [4.78, 5) is 1.42. The van der Waals surface area contributed by atoms with Gasteiger partial charge in [0.25, 0.3) is 0 Å². The zero-order valence-electron chi connectivity index (χ0n) is 11.9. The second kappa shape index (κ2) is 5.60. The van der Waals surface area contributed by atoms with Crippen LogP contribution in [-0.4, -0.2) is 13.2 Å². The van der Waals surface area contributed by atoms with Crippen LogP contribution in [0.1, 0.15) is 30.2 Å². The molecule has 1 saturated carbocycles. The zero-order chi connectivity index (χ0) is 14.1. The van der Waals surface area contributed by atoms with Crippen LogP contribution >= 0.6 is 11.3 Å². The van der Waals surface area contributed by atoms with Gasteiger partial charge in [0.15, 0.2) is 11.5 Å². The fourth-order valence-electron chi connectivity index (χ4n) is 2.75. The van der Waals surface area contributed by atoms with E-state index in [1.54, 1.807) is 0 Å². The minimum atomic E-state index is 0.426. The molecule has 1 aromatic heterocycles. The lowest BCUT2D eigenvalue weighted by atomic mass is 10.1. The fraction of sp³-hybridized carbons (Fsp3) is 0.412. The smallest absolute Gasteiger partial charge is 0.163 e. The number of nitrogens with one attached hydrogen (secondary N) is 1. The Bertz CT molecular complexity index is 607. The van der Waals surface area contributed by atoms with Crippen LogP contribution in [0.15, 0.2) is 35.7 Å². The summed E-state index contributed by atoms with van der Waals surface area (Å²) in [6.45, 7) is 1.47. The van der Waals surface area contributed by atoms with Gasteiger partial charge in [-0.05, 0) is 42.3 Å². The summed E-state index contributed by atoms with van der Waals surface area (Å²) in [7, 11) is 0. The van der Waals surface area contributed by atoms with Crippen molar-refractivity contribution < 1.29 is 9.47 Å². The van der Waals surface area contributed by atoms with Crippen molar-refractivity contribution in [1.29, 1.82) is 0 Å². The van der Waals surface area contributed by atoms with E-state index in [-0.39, 0.29) is 0 Å². The number of thiophene rings is 1. The van der Waals surface area contributed by atoms with E-state index in [1.165, 1.54) is 17.7 Å². The second-order valence-corrected chi connectivity index (χ2v) is 6.67. The molecular formula is C17H19NO2S. The molecule has 0 radical (unpaired) electrons. The molecule has 1 fully saturated rings. The first kappa shape index (κ1) is 13.0. The Hall–Kier alpha value is -1.68. The highest BCUT2D eigenvalue weighted by molar-refractivity contribution is 7.10. The van der Waals surface area contributed by atoms with Gasteiger partial charge in [-0.25, -0.2) is 0 Å². The van der Waals surface area contributed by atoms with Crippen molar-refractivity contribution >= 4 is 17.0 Å². The van der Waals surface area contributed by atoms with Gasteiger partial charge >= 0.3 is 0 Å². The first-order valence-electron chi connectivity index (χ1n) is 7.60. The quantitative estimate of drug-likeness (QED) is 0.903. The molecule has 1 aliphatic heterocycles. The third-order valence-corrected chi connectivity index (χ3v) is 4.97. The molecule has 2 aliphatic rings. The largest absolute Gasteiger partial charge is 0.490 e. The van der Waals surface area contributed by atoms with Gasteiger partial charge < -0.3 is 14.8 Å². The molecule has 4 rings (SSSR count). The predicted octanol–water partition coefficient (Wildman–Crippen LogP) is 4.47.